The Hall–Kier alpha value is -1.95. The minimum absolute atomic E-state index is 0.157. The van der Waals surface area contributed by atoms with E-state index < -0.39 is 17.6 Å². The predicted molar refractivity (Wildman–Crippen MR) is 70.9 cm³/mol. The van der Waals surface area contributed by atoms with E-state index in [1.165, 1.54) is 18.2 Å². The molecule has 1 aromatic heterocycles. The molecule has 0 spiro atoms. The lowest BCUT2D eigenvalue weighted by atomic mass is 10.1. The van der Waals surface area contributed by atoms with E-state index in [1.807, 2.05) is 6.92 Å². The number of benzene rings is 1. The molecule has 0 saturated heterocycles. The summed E-state index contributed by atoms with van der Waals surface area (Å²) in [5.41, 5.74) is 0.731. The van der Waals surface area contributed by atoms with Crippen LogP contribution in [0.15, 0.2) is 42.7 Å². The van der Waals surface area contributed by atoms with Gasteiger partial charge in [-0.05, 0) is 36.2 Å². The average Bonchev–Trinajstić information content (AvgIpc) is 2.44. The first kappa shape index (κ1) is 15.4. The summed E-state index contributed by atoms with van der Waals surface area (Å²) < 4.78 is 50.4. The number of halogens is 4. The van der Waals surface area contributed by atoms with Crippen molar-refractivity contribution in [2.45, 2.75) is 25.7 Å². The van der Waals surface area contributed by atoms with Gasteiger partial charge in [0, 0.05) is 18.8 Å². The van der Waals surface area contributed by atoms with Gasteiger partial charge in [-0.2, -0.15) is 13.2 Å². The highest BCUT2D eigenvalue weighted by molar-refractivity contribution is 5.24. The van der Waals surface area contributed by atoms with E-state index in [2.05, 4.69) is 10.3 Å². The van der Waals surface area contributed by atoms with E-state index in [0.29, 0.717) is 12.1 Å². The molecule has 2 nitrogen and oxygen atoms in total. The monoisotopic (exact) mass is 298 g/mol. The topological polar surface area (TPSA) is 24.9 Å². The Bertz CT molecular complexity index is 593. The summed E-state index contributed by atoms with van der Waals surface area (Å²) in [5.74, 6) is -0.421. The van der Waals surface area contributed by atoms with Crippen LogP contribution in [0.25, 0.3) is 0 Å². The van der Waals surface area contributed by atoms with Crippen molar-refractivity contribution < 1.29 is 17.6 Å². The highest BCUT2D eigenvalue weighted by Gasteiger charge is 2.29. The van der Waals surface area contributed by atoms with Crippen LogP contribution in [-0.2, 0) is 12.7 Å². The molecule has 0 bridgehead atoms. The van der Waals surface area contributed by atoms with Crippen molar-refractivity contribution in [2.24, 2.45) is 0 Å². The first-order chi connectivity index (χ1) is 9.86. The molecule has 1 atom stereocenters. The van der Waals surface area contributed by atoms with Gasteiger partial charge in [0.05, 0.1) is 11.8 Å². The number of alkyl halides is 3. The molecule has 112 valence electrons. The van der Waals surface area contributed by atoms with Crippen LogP contribution >= 0.6 is 0 Å². The van der Waals surface area contributed by atoms with Crippen LogP contribution in [0.1, 0.15) is 29.7 Å². The fourth-order valence-corrected chi connectivity index (χ4v) is 1.87. The normalized spacial score (nSPS) is 13.2. The second-order valence-corrected chi connectivity index (χ2v) is 4.73. The third-order valence-electron chi connectivity index (χ3n) is 3.12. The maximum atomic E-state index is 13.1. The summed E-state index contributed by atoms with van der Waals surface area (Å²) >= 11 is 0. The molecule has 0 amide bonds. The number of pyridine rings is 1. The molecule has 0 fully saturated rings. The van der Waals surface area contributed by atoms with Gasteiger partial charge in [-0.15, -0.1) is 0 Å². The van der Waals surface area contributed by atoms with E-state index in [9.17, 15) is 17.6 Å². The summed E-state index contributed by atoms with van der Waals surface area (Å²) in [4.78, 5) is 3.76. The maximum absolute atomic E-state index is 13.1. The van der Waals surface area contributed by atoms with E-state index in [-0.39, 0.29) is 6.04 Å². The Morgan fingerprint density at radius 3 is 2.38 bits per heavy atom. The van der Waals surface area contributed by atoms with E-state index in [1.54, 1.807) is 6.20 Å². The molecule has 1 unspecified atom stereocenters. The Labute approximate surface area is 119 Å². The third kappa shape index (κ3) is 4.26. The highest BCUT2D eigenvalue weighted by Crippen LogP contribution is 2.29. The molecule has 0 aliphatic heterocycles. The standard InChI is InChI=1S/C15H14F4N2/c1-10(12-6-14(16)9-20-8-12)21-7-11-2-4-13(5-3-11)15(17,18)19/h2-6,8-10,21H,7H2,1H3. The quantitative estimate of drug-likeness (QED) is 0.860. The van der Waals surface area contributed by atoms with Gasteiger partial charge in [0.2, 0.25) is 0 Å². The van der Waals surface area contributed by atoms with Crippen molar-refractivity contribution in [1.82, 2.24) is 10.3 Å². The maximum Gasteiger partial charge on any atom is 0.416 e. The Morgan fingerprint density at radius 2 is 1.81 bits per heavy atom. The second kappa shape index (κ2) is 6.22. The van der Waals surface area contributed by atoms with Crippen LogP contribution in [0.4, 0.5) is 17.6 Å². The molecular weight excluding hydrogens is 284 g/mol. The molecule has 21 heavy (non-hydrogen) atoms. The van der Waals surface area contributed by atoms with Crippen molar-refractivity contribution in [1.29, 1.82) is 0 Å². The van der Waals surface area contributed by atoms with Crippen molar-refractivity contribution >= 4 is 0 Å². The second-order valence-electron chi connectivity index (χ2n) is 4.73. The number of aromatic nitrogens is 1. The lowest BCUT2D eigenvalue weighted by molar-refractivity contribution is -0.137. The number of hydrogen-bond donors (Lipinski definition) is 1. The largest absolute Gasteiger partial charge is 0.416 e. The van der Waals surface area contributed by atoms with Crippen molar-refractivity contribution in [2.75, 3.05) is 0 Å². The summed E-state index contributed by atoms with van der Waals surface area (Å²) in [7, 11) is 0. The van der Waals surface area contributed by atoms with Crippen molar-refractivity contribution in [3.8, 4) is 0 Å². The SMILES string of the molecule is CC(NCc1ccc(C(F)(F)F)cc1)c1cncc(F)c1. The number of nitrogens with one attached hydrogen (secondary N) is 1. The van der Waals surface area contributed by atoms with Gasteiger partial charge in [-0.25, -0.2) is 4.39 Å². The molecule has 0 aliphatic carbocycles. The van der Waals surface area contributed by atoms with Gasteiger partial charge < -0.3 is 5.32 Å². The molecule has 0 radical (unpaired) electrons. The molecule has 1 heterocycles. The van der Waals surface area contributed by atoms with Crippen LogP contribution in [-0.4, -0.2) is 4.98 Å². The van der Waals surface area contributed by atoms with Gasteiger partial charge in [-0.3, -0.25) is 4.98 Å². The lowest BCUT2D eigenvalue weighted by Crippen LogP contribution is -2.18. The van der Waals surface area contributed by atoms with E-state index >= 15 is 0 Å². The van der Waals surface area contributed by atoms with Crippen molar-refractivity contribution in [3.63, 3.8) is 0 Å². The molecule has 0 saturated carbocycles. The summed E-state index contributed by atoms with van der Waals surface area (Å²) in [6.07, 6.45) is -1.66. The number of hydrogen-bond acceptors (Lipinski definition) is 2. The van der Waals surface area contributed by atoms with Crippen LogP contribution in [0.5, 0.6) is 0 Å². The van der Waals surface area contributed by atoms with Crippen LogP contribution in [0.2, 0.25) is 0 Å². The van der Waals surface area contributed by atoms with Gasteiger partial charge in [0.1, 0.15) is 5.82 Å². The molecule has 0 aliphatic rings. The molecule has 2 rings (SSSR count). The van der Waals surface area contributed by atoms with Gasteiger partial charge in [-0.1, -0.05) is 12.1 Å². The average molecular weight is 298 g/mol. The molecule has 6 heteroatoms. The Morgan fingerprint density at radius 1 is 1.14 bits per heavy atom. The number of nitrogens with zero attached hydrogens (tertiary/aromatic N) is 1. The van der Waals surface area contributed by atoms with E-state index in [4.69, 9.17) is 0 Å². The third-order valence-corrected chi connectivity index (χ3v) is 3.12. The molecule has 1 N–H and O–H groups in total. The first-order valence-corrected chi connectivity index (χ1v) is 6.36. The summed E-state index contributed by atoms with van der Waals surface area (Å²) in [5, 5.41) is 3.11. The molecular formula is C15H14F4N2. The minimum Gasteiger partial charge on any atom is -0.306 e. The smallest absolute Gasteiger partial charge is 0.306 e. The zero-order valence-corrected chi connectivity index (χ0v) is 11.3. The zero-order chi connectivity index (χ0) is 15.5. The first-order valence-electron chi connectivity index (χ1n) is 6.36. The van der Waals surface area contributed by atoms with Gasteiger partial charge in [0.15, 0.2) is 0 Å². The van der Waals surface area contributed by atoms with E-state index in [0.717, 1.165) is 23.9 Å². The van der Waals surface area contributed by atoms with Crippen LogP contribution in [0, 0.1) is 5.82 Å². The molecule has 1 aromatic carbocycles. The van der Waals surface area contributed by atoms with Gasteiger partial charge in [0.25, 0.3) is 0 Å². The number of rotatable bonds is 4. The fourth-order valence-electron chi connectivity index (χ4n) is 1.87. The fraction of sp³-hybridized carbons (Fsp3) is 0.267. The minimum atomic E-state index is -4.33. The highest BCUT2D eigenvalue weighted by atomic mass is 19.4. The Balaban J connectivity index is 1.97. The van der Waals surface area contributed by atoms with Crippen LogP contribution in [0.3, 0.4) is 0 Å². The summed E-state index contributed by atoms with van der Waals surface area (Å²) in [6, 6.07) is 6.16. The molecule has 2 aromatic rings. The van der Waals surface area contributed by atoms with Crippen molar-refractivity contribution in [3.05, 3.63) is 65.2 Å². The predicted octanol–water partition coefficient (Wildman–Crippen LogP) is 4.09. The Kier molecular flexibility index (Phi) is 4.57. The lowest BCUT2D eigenvalue weighted by Gasteiger charge is -2.14. The summed E-state index contributed by atoms with van der Waals surface area (Å²) in [6.45, 7) is 2.22. The van der Waals surface area contributed by atoms with Gasteiger partial charge >= 0.3 is 6.18 Å². The zero-order valence-electron chi connectivity index (χ0n) is 11.3. The van der Waals surface area contributed by atoms with Crippen LogP contribution < -0.4 is 5.32 Å².